The van der Waals surface area contributed by atoms with E-state index in [0.717, 1.165) is 9.80 Å². The lowest BCUT2D eigenvalue weighted by atomic mass is 9.86. The van der Waals surface area contributed by atoms with Gasteiger partial charge in [-0.2, -0.15) is 0 Å². The Bertz CT molecular complexity index is 4300. The molecule has 21 saturated heterocycles. The molecule has 23 aliphatic heterocycles. The second-order valence-corrected chi connectivity index (χ2v) is 32.1. The van der Waals surface area contributed by atoms with E-state index in [1.165, 1.54) is 35.1 Å². The van der Waals surface area contributed by atoms with E-state index < -0.39 is 285 Å². The molecule has 20 N–H and O–H groups in total. The van der Waals surface area contributed by atoms with Crippen LogP contribution in [0.15, 0.2) is 61.0 Å². The van der Waals surface area contributed by atoms with Crippen LogP contribution in [-0.2, 0) is 86.0 Å². The number of imide groups is 2. The lowest BCUT2D eigenvalue weighted by Crippen LogP contribution is -2.68. The van der Waals surface area contributed by atoms with Crippen LogP contribution in [0.1, 0.15) is 60.0 Å². The summed E-state index contributed by atoms with van der Waals surface area (Å²) in [5.74, 6) is -1.65. The highest BCUT2D eigenvalue weighted by Crippen LogP contribution is 2.42. The number of nitrogens with zero attached hydrogens (tertiary/aromatic N) is 10. The Morgan fingerprint density at radius 1 is 0.341 bits per heavy atom. The van der Waals surface area contributed by atoms with Crippen LogP contribution in [-0.4, -0.2) is 465 Å². The minimum atomic E-state index is -2.30. The zero-order valence-corrected chi connectivity index (χ0v) is 65.9. The Labute approximate surface area is 697 Å². The van der Waals surface area contributed by atoms with Crippen molar-refractivity contribution in [3.05, 3.63) is 88.9 Å². The largest absolute Gasteiger partial charge is 0.394 e. The molecule has 0 radical (unpaired) electrons. The molecule has 1 aliphatic carbocycles. The molecule has 25 heterocycles. The van der Waals surface area contributed by atoms with Gasteiger partial charge in [0.2, 0.25) is 0 Å². The third-order valence-electron chi connectivity index (χ3n) is 24.0. The Kier molecular flexibility index (Phi) is 28.2. The molecule has 4 amide bonds. The fourth-order valence-corrected chi connectivity index (χ4v) is 17.3. The number of hydrogen-bond acceptors (Lipinski definition) is 44. The number of allylic oxidation sites excluding steroid dienone is 4. The lowest BCUT2D eigenvalue weighted by molar-refractivity contribution is -0.396. The molecule has 48 nitrogen and oxygen atoms in total. The van der Waals surface area contributed by atoms with Gasteiger partial charge in [-0.1, -0.05) is 34.7 Å². The van der Waals surface area contributed by atoms with Crippen LogP contribution in [0.25, 0.3) is 10.8 Å². The molecule has 28 rings (SSSR count). The first-order valence-corrected chi connectivity index (χ1v) is 40.2. The van der Waals surface area contributed by atoms with E-state index in [0.29, 0.717) is 25.3 Å². The molecule has 2 aromatic carbocycles. The first-order valence-electron chi connectivity index (χ1n) is 40.2. The zero-order valence-electron chi connectivity index (χ0n) is 65.9. The van der Waals surface area contributed by atoms with Gasteiger partial charge in [-0.25, -0.2) is 9.36 Å². The van der Waals surface area contributed by atoms with E-state index in [1.807, 2.05) is 30.3 Å². The summed E-state index contributed by atoms with van der Waals surface area (Å²) in [5.41, 5.74) is 0.815. The number of benzene rings is 2. The Morgan fingerprint density at radius 3 is 0.927 bits per heavy atom. The first-order chi connectivity index (χ1) is 59.0. The van der Waals surface area contributed by atoms with Gasteiger partial charge >= 0.3 is 0 Å². The van der Waals surface area contributed by atoms with Gasteiger partial charge < -0.3 is 178 Å². The Hall–Kier alpha value is -6.86. The predicted octanol–water partition coefficient (Wildman–Crippen LogP) is -12.2. The Balaban J connectivity index is 0.637. The van der Waals surface area contributed by atoms with E-state index in [9.17, 15) is 121 Å². The SMILES string of the molecule is CN(CCCN1C(=O)c2ccc3c4c(ccc(c24)C1=O)C(=O)N(CCCN(C)c1cn(CC2C=CC=C2)nn1)C3=O)Cc1cn(C[C@H]2O[C@@H]3O[C@H]4[C@H](O)[C@@H](O)[C@@H](O[C@H]5[C@H](O)[C@@H](O)[C@@H](O[C@H]6[C@H](O)[C@@H](O)[C@@H](O[C@H]7[C@H](O)[C@@H](O)[C@@H](O[C@H]8[C@H](O)[C@@H](O)[C@@H](O[C@H]9[C@H](O)C(O)[C@@H](O[C@H]2[C@H](O)[C@H]3O)O[C@@H]9CO)O[C@@H]8CO)O[C@@H]7CO)O[C@@H]6CO)O[C@@H]5CO)O[C@@H]4CO)nn1. The maximum atomic E-state index is 14.3. The number of rotatable bonds is 21. The van der Waals surface area contributed by atoms with Crippen LogP contribution in [0.5, 0.6) is 0 Å². The highest BCUT2D eigenvalue weighted by atomic mass is 16.8. The fourth-order valence-electron chi connectivity index (χ4n) is 17.3. The highest BCUT2D eigenvalue weighted by molar-refractivity contribution is 6.33. The molecule has 21 fully saturated rings. The van der Waals surface area contributed by atoms with Gasteiger partial charge in [-0.05, 0) is 50.7 Å². The van der Waals surface area contributed by atoms with Crippen molar-refractivity contribution in [2.75, 3.05) is 84.8 Å². The highest BCUT2D eigenvalue weighted by Gasteiger charge is 2.60. The summed E-state index contributed by atoms with van der Waals surface area (Å²) in [5, 5.41) is 245. The fraction of sp³-hybridized carbons (Fsp3) is 0.707. The molecule has 35 atom stereocenters. The van der Waals surface area contributed by atoms with Crippen molar-refractivity contribution in [1.29, 1.82) is 0 Å². The van der Waals surface area contributed by atoms with Crippen molar-refractivity contribution in [2.24, 2.45) is 5.92 Å². The number of hydrogen-bond donors (Lipinski definition) is 20. The van der Waals surface area contributed by atoms with Crippen molar-refractivity contribution in [1.82, 2.24) is 44.7 Å². The summed E-state index contributed by atoms with van der Waals surface area (Å²) in [4.78, 5) is 62.8. The molecule has 0 saturated carbocycles. The molecule has 2 aromatic heterocycles. The number of carbonyl (C=O) groups excluding carboxylic acids is 4. The quantitative estimate of drug-likeness (QED) is 0.0345. The van der Waals surface area contributed by atoms with Crippen LogP contribution in [0.3, 0.4) is 0 Å². The summed E-state index contributed by atoms with van der Waals surface area (Å²) >= 11 is 0. The van der Waals surface area contributed by atoms with E-state index in [2.05, 4.69) is 32.8 Å². The third kappa shape index (κ3) is 17.8. The molecule has 123 heavy (non-hydrogen) atoms. The maximum Gasteiger partial charge on any atom is 0.261 e. The van der Waals surface area contributed by atoms with Crippen molar-refractivity contribution in [3.8, 4) is 0 Å². The number of carbonyl (C=O) groups is 4. The average Bonchev–Trinajstić information content (AvgIpc) is 1.13. The number of aromatic nitrogens is 6. The minimum absolute atomic E-state index is 0.0379. The topological polar surface area (TPSA) is 676 Å². The predicted molar refractivity (Wildman–Crippen MR) is 397 cm³/mol. The standard InChI is InChI=1S/C75H102N10O38/c1-80(13-5-15-84-65(106)30-9-11-32-43-33(12-10-31(42(30)43)66(84)107)68(109)85(67(32)108)16-6-14-81(2)41-21-82(79-77-41)17-28-7-3-4-8-28)18-29-19-83(78-76-29)20-34-58-44(92)51(99)69(110-34)118-59-35(22-86)112-71(53(101)46(59)94)120-61-37(24-88)114-73(55(103)48(61)96)122-63-39(26-90)116-75(57(105)50(63)98)123-64-40(27-91)115-74(56(104)49(64)97)121-62-38(25-89)113-72(54(102)47(62)95)119-60-36(23-87)111-70(117-58)52(100)45(60)93/h3-4,7-12,19,21,28,34-40,44-64,69-75,86-105H,5-6,13-18,20,22-27H2,1-2H3/t34-,35-,36-,37-,38-,39-,40-,44-,45-,46-,47-,48-,49-,50-,51-,52?,53-,54-,55-,56-,57-,58-,59-,60-,61-,62-,63-,64-,69-,70-,71-,72-,73-,74-,75-/m1/s1. The van der Waals surface area contributed by atoms with Crippen molar-refractivity contribution >= 4 is 40.2 Å². The van der Waals surface area contributed by atoms with Gasteiger partial charge in [-0.3, -0.25) is 29.0 Å². The average molecular weight is 1750 g/mol. The van der Waals surface area contributed by atoms with E-state index in [-0.39, 0.29) is 77.2 Å². The molecule has 1 unspecified atom stereocenters. The second-order valence-electron chi connectivity index (χ2n) is 32.1. The summed E-state index contributed by atoms with van der Waals surface area (Å²) in [7, 11) is 3.52. The van der Waals surface area contributed by atoms with Crippen molar-refractivity contribution in [3.63, 3.8) is 0 Å². The van der Waals surface area contributed by atoms with Crippen LogP contribution >= 0.6 is 0 Å². The first kappa shape index (κ1) is 90.9. The molecule has 24 aliphatic rings. The van der Waals surface area contributed by atoms with Gasteiger partial charge in [-0.15, -0.1) is 10.2 Å². The summed E-state index contributed by atoms with van der Waals surface area (Å²) in [6, 6.07) is 5.90. The van der Waals surface area contributed by atoms with Gasteiger partial charge in [0.1, 0.15) is 171 Å². The molecule has 4 aromatic rings. The lowest BCUT2D eigenvalue weighted by Gasteiger charge is -2.50. The molecule has 48 heteroatoms. The molecular weight excluding hydrogens is 1650 g/mol. The third-order valence-corrected chi connectivity index (χ3v) is 24.0. The number of amides is 4. The van der Waals surface area contributed by atoms with Crippen LogP contribution in [0, 0.1) is 5.92 Å². The molecule has 14 bridgehead atoms. The summed E-state index contributed by atoms with van der Waals surface area (Å²) in [6.45, 7) is -5.82. The van der Waals surface area contributed by atoms with E-state index in [4.69, 9.17) is 66.3 Å². The molecule has 0 spiro atoms. The normalized spacial score (nSPS) is 40.7. The monoisotopic (exact) mass is 1750 g/mol. The van der Waals surface area contributed by atoms with Gasteiger partial charge in [0, 0.05) is 78.4 Å². The van der Waals surface area contributed by atoms with Crippen molar-refractivity contribution < 1.29 is 188 Å². The van der Waals surface area contributed by atoms with Crippen LogP contribution in [0.4, 0.5) is 5.82 Å². The van der Waals surface area contributed by atoms with Gasteiger partial charge in [0.15, 0.2) is 49.8 Å². The summed E-state index contributed by atoms with van der Waals surface area (Å²) < 4.78 is 85.4. The van der Waals surface area contributed by atoms with Crippen LogP contribution in [0.2, 0.25) is 0 Å². The van der Waals surface area contributed by atoms with E-state index in [1.54, 1.807) is 16.6 Å². The Morgan fingerprint density at radius 2 is 0.618 bits per heavy atom. The summed E-state index contributed by atoms with van der Waals surface area (Å²) in [6.07, 6.45) is -60.5. The van der Waals surface area contributed by atoms with Crippen LogP contribution < -0.4 is 4.90 Å². The number of aliphatic hydroxyl groups excluding tert-OH is 20. The van der Waals surface area contributed by atoms with Gasteiger partial charge in [0.25, 0.3) is 23.6 Å². The number of anilines is 1. The zero-order chi connectivity index (χ0) is 87.6. The number of ether oxygens (including phenoxy) is 14. The van der Waals surface area contributed by atoms with Gasteiger partial charge in [0.05, 0.1) is 64.6 Å². The minimum Gasteiger partial charge on any atom is -0.394 e. The maximum absolute atomic E-state index is 14.3. The molecular formula is C75H102N10O38. The van der Waals surface area contributed by atoms with Crippen molar-refractivity contribution in [2.45, 2.75) is 247 Å². The smallest absolute Gasteiger partial charge is 0.261 e. The van der Waals surface area contributed by atoms with E-state index >= 15 is 0 Å². The molecule has 680 valence electrons. The number of aliphatic hydroxyl groups is 20. The second kappa shape index (κ2) is 38.2.